The van der Waals surface area contributed by atoms with Crippen LogP contribution in [0.1, 0.15) is 36.3 Å². The summed E-state index contributed by atoms with van der Waals surface area (Å²) in [7, 11) is 0. The monoisotopic (exact) mass is 430 g/mol. The van der Waals surface area contributed by atoms with Gasteiger partial charge in [0.1, 0.15) is 16.9 Å². The highest BCUT2D eigenvalue weighted by Gasteiger charge is 2.33. The van der Waals surface area contributed by atoms with E-state index in [9.17, 15) is 18.8 Å². The fourth-order valence-corrected chi connectivity index (χ4v) is 5.15. The Morgan fingerprint density at radius 1 is 1.20 bits per heavy atom. The molecule has 0 radical (unpaired) electrons. The Kier molecular flexibility index (Phi) is 5.80. The number of amides is 3. The topological polar surface area (TPSA) is 96.6 Å². The molecule has 1 saturated heterocycles. The van der Waals surface area contributed by atoms with E-state index in [4.69, 9.17) is 5.73 Å². The maximum absolute atomic E-state index is 13.5. The number of hydrogen-bond acceptors (Lipinski definition) is 5. The first-order valence-electron chi connectivity index (χ1n) is 10.0. The van der Waals surface area contributed by atoms with Crippen LogP contribution in [0.15, 0.2) is 24.3 Å². The van der Waals surface area contributed by atoms with Crippen molar-refractivity contribution in [3.63, 3.8) is 0 Å². The van der Waals surface area contributed by atoms with Gasteiger partial charge in [0.25, 0.3) is 0 Å². The van der Waals surface area contributed by atoms with Crippen molar-refractivity contribution in [1.29, 1.82) is 0 Å². The summed E-state index contributed by atoms with van der Waals surface area (Å²) < 4.78 is 13.5. The van der Waals surface area contributed by atoms with Gasteiger partial charge in [-0.1, -0.05) is 12.1 Å². The van der Waals surface area contributed by atoms with Crippen molar-refractivity contribution in [1.82, 2.24) is 14.8 Å². The third-order valence-electron chi connectivity index (χ3n) is 5.61. The molecule has 1 aromatic carbocycles. The van der Waals surface area contributed by atoms with E-state index in [1.165, 1.54) is 28.4 Å². The molecule has 1 unspecified atom stereocenters. The molecule has 4 rings (SSSR count). The Bertz CT molecular complexity index is 992. The molecule has 2 aliphatic heterocycles. The lowest BCUT2D eigenvalue weighted by Crippen LogP contribution is -2.44. The summed E-state index contributed by atoms with van der Waals surface area (Å²) in [4.78, 5) is 45.4. The van der Waals surface area contributed by atoms with Gasteiger partial charge in [0, 0.05) is 42.8 Å². The Morgan fingerprint density at radius 2 is 2.00 bits per heavy atom. The Morgan fingerprint density at radius 3 is 2.77 bits per heavy atom. The van der Waals surface area contributed by atoms with Gasteiger partial charge in [-0.05, 0) is 25.0 Å². The summed E-state index contributed by atoms with van der Waals surface area (Å²) in [5.41, 5.74) is 7.04. The number of nitrogens with zero attached hydrogens (tertiary/aromatic N) is 3. The lowest BCUT2D eigenvalue weighted by molar-refractivity contribution is -0.140. The lowest BCUT2D eigenvalue weighted by atomic mass is 10.1. The van der Waals surface area contributed by atoms with Crippen molar-refractivity contribution in [2.75, 3.05) is 13.1 Å². The van der Waals surface area contributed by atoms with Crippen LogP contribution >= 0.6 is 11.3 Å². The Balaban J connectivity index is 1.36. The fraction of sp³-hybridized carbons (Fsp3) is 0.429. The Labute approximate surface area is 177 Å². The minimum atomic E-state index is -0.552. The molecule has 2 N–H and O–H groups in total. The second kappa shape index (κ2) is 8.51. The molecule has 3 heterocycles. The standard InChI is InChI=1S/C21H23FN4O3S/c22-14-4-1-3-13(11-14)21-24-15-8-10-25(12-17(15)30-21)18(27)6-7-19(28)26-9-2-5-16(26)20(23)29/h1,3-4,11,16H,2,5-10,12H2,(H2,23,29). The molecular weight excluding hydrogens is 407 g/mol. The van der Waals surface area contributed by atoms with Gasteiger partial charge in [0.15, 0.2) is 0 Å². The number of fused-ring (bicyclic) bond motifs is 1. The molecule has 3 amide bonds. The van der Waals surface area contributed by atoms with Crippen LogP contribution in [0.4, 0.5) is 4.39 Å². The van der Waals surface area contributed by atoms with Gasteiger partial charge in [0.05, 0.1) is 12.2 Å². The van der Waals surface area contributed by atoms with E-state index in [0.717, 1.165) is 27.6 Å². The van der Waals surface area contributed by atoms with Crippen molar-refractivity contribution in [2.24, 2.45) is 5.73 Å². The van der Waals surface area contributed by atoms with Crippen LogP contribution in [0, 0.1) is 5.82 Å². The number of nitrogens with two attached hydrogens (primary N) is 1. The average Bonchev–Trinajstić information content (AvgIpc) is 3.38. The molecule has 30 heavy (non-hydrogen) atoms. The zero-order valence-electron chi connectivity index (χ0n) is 16.5. The van der Waals surface area contributed by atoms with Crippen LogP contribution in [0.2, 0.25) is 0 Å². The van der Waals surface area contributed by atoms with Crippen molar-refractivity contribution in [2.45, 2.75) is 44.7 Å². The number of hydrogen-bond donors (Lipinski definition) is 1. The van der Waals surface area contributed by atoms with E-state index in [1.54, 1.807) is 11.0 Å². The van der Waals surface area contributed by atoms with Gasteiger partial charge in [-0.25, -0.2) is 9.37 Å². The molecule has 2 aromatic rings. The second-order valence-corrected chi connectivity index (χ2v) is 8.70. The third-order valence-corrected chi connectivity index (χ3v) is 6.74. The molecule has 7 nitrogen and oxygen atoms in total. The zero-order valence-corrected chi connectivity index (χ0v) is 17.3. The predicted octanol–water partition coefficient (Wildman–Crippen LogP) is 2.09. The maximum atomic E-state index is 13.5. The van der Waals surface area contributed by atoms with E-state index in [1.807, 2.05) is 6.07 Å². The lowest BCUT2D eigenvalue weighted by Gasteiger charge is -2.27. The minimum Gasteiger partial charge on any atom is -0.368 e. The van der Waals surface area contributed by atoms with Crippen molar-refractivity contribution < 1.29 is 18.8 Å². The van der Waals surface area contributed by atoms with Crippen LogP contribution in [-0.4, -0.2) is 51.6 Å². The molecule has 1 fully saturated rings. The molecule has 1 atom stereocenters. The molecule has 0 bridgehead atoms. The van der Waals surface area contributed by atoms with Gasteiger partial charge in [0.2, 0.25) is 17.7 Å². The van der Waals surface area contributed by atoms with E-state index >= 15 is 0 Å². The van der Waals surface area contributed by atoms with Gasteiger partial charge in [-0.3, -0.25) is 14.4 Å². The molecule has 9 heteroatoms. The number of benzene rings is 1. The number of thiazole rings is 1. The number of aromatic nitrogens is 1. The highest BCUT2D eigenvalue weighted by molar-refractivity contribution is 7.15. The smallest absolute Gasteiger partial charge is 0.240 e. The molecular formula is C21H23FN4O3S. The summed E-state index contributed by atoms with van der Waals surface area (Å²) in [5.74, 6) is -1.09. The molecule has 158 valence electrons. The van der Waals surface area contributed by atoms with E-state index < -0.39 is 11.9 Å². The third kappa shape index (κ3) is 4.21. The summed E-state index contributed by atoms with van der Waals surface area (Å²) in [6.45, 7) is 1.50. The van der Waals surface area contributed by atoms with Gasteiger partial charge >= 0.3 is 0 Å². The first-order chi connectivity index (χ1) is 14.4. The normalized spacial score (nSPS) is 18.4. The number of rotatable bonds is 5. The van der Waals surface area contributed by atoms with Crippen molar-refractivity contribution >= 4 is 29.1 Å². The van der Waals surface area contributed by atoms with Gasteiger partial charge in [-0.15, -0.1) is 11.3 Å². The summed E-state index contributed by atoms with van der Waals surface area (Å²) in [6, 6.07) is 5.77. The van der Waals surface area contributed by atoms with Crippen LogP contribution < -0.4 is 5.73 Å². The van der Waals surface area contributed by atoms with Gasteiger partial charge < -0.3 is 15.5 Å². The van der Waals surface area contributed by atoms with Gasteiger partial charge in [-0.2, -0.15) is 0 Å². The Hall–Kier alpha value is -2.81. The second-order valence-electron chi connectivity index (χ2n) is 7.61. The maximum Gasteiger partial charge on any atom is 0.240 e. The van der Waals surface area contributed by atoms with Crippen molar-refractivity contribution in [3.8, 4) is 10.6 Å². The molecule has 0 aliphatic carbocycles. The first-order valence-corrected chi connectivity index (χ1v) is 10.8. The average molecular weight is 431 g/mol. The molecule has 0 spiro atoms. The van der Waals surface area contributed by atoms with Crippen LogP contribution in [0.25, 0.3) is 10.6 Å². The summed E-state index contributed by atoms with van der Waals surface area (Å²) in [5, 5.41) is 0.746. The molecule has 1 aromatic heterocycles. The number of carbonyl (C=O) groups excluding carboxylic acids is 3. The minimum absolute atomic E-state index is 0.0726. The van der Waals surface area contributed by atoms with Crippen molar-refractivity contribution in [3.05, 3.63) is 40.7 Å². The van der Waals surface area contributed by atoms with Crippen LogP contribution in [0.3, 0.4) is 0 Å². The first kappa shape index (κ1) is 20.5. The highest BCUT2D eigenvalue weighted by atomic mass is 32.1. The largest absolute Gasteiger partial charge is 0.368 e. The van der Waals surface area contributed by atoms with Crippen LogP contribution in [-0.2, 0) is 27.3 Å². The quantitative estimate of drug-likeness (QED) is 0.786. The number of primary amides is 1. The number of halogens is 1. The highest BCUT2D eigenvalue weighted by Crippen LogP contribution is 2.32. The van der Waals surface area contributed by atoms with E-state index in [-0.39, 0.29) is 30.5 Å². The fourth-order valence-electron chi connectivity index (χ4n) is 4.03. The zero-order chi connectivity index (χ0) is 21.3. The van der Waals surface area contributed by atoms with Crippen LogP contribution in [0.5, 0.6) is 0 Å². The summed E-state index contributed by atoms with van der Waals surface area (Å²) in [6.07, 6.45) is 2.15. The van der Waals surface area contributed by atoms with E-state index in [0.29, 0.717) is 32.5 Å². The molecule has 0 saturated carbocycles. The molecule has 2 aliphatic rings. The summed E-state index contributed by atoms with van der Waals surface area (Å²) >= 11 is 1.47. The number of likely N-dealkylation sites (tertiary alicyclic amines) is 1. The predicted molar refractivity (Wildman–Crippen MR) is 110 cm³/mol. The van der Waals surface area contributed by atoms with E-state index in [2.05, 4.69) is 4.98 Å². The SMILES string of the molecule is NC(=O)C1CCCN1C(=O)CCC(=O)N1CCc2nc(-c3cccc(F)c3)sc2C1. The number of carbonyl (C=O) groups is 3.